The van der Waals surface area contributed by atoms with Crippen molar-refractivity contribution >= 4 is 27.5 Å². The van der Waals surface area contributed by atoms with Crippen LogP contribution in [0, 0.1) is 13.8 Å². The number of nitrogens with one attached hydrogen (secondary N) is 1. The van der Waals surface area contributed by atoms with Gasteiger partial charge in [-0.05, 0) is 54.9 Å². The minimum Gasteiger partial charge on any atom is -0.496 e. The van der Waals surface area contributed by atoms with Crippen molar-refractivity contribution in [2.75, 3.05) is 19.0 Å². The molecule has 0 aliphatic heterocycles. The number of hydrogen-bond acceptors (Lipinski definition) is 3. The molecule has 24 heavy (non-hydrogen) atoms. The average Bonchev–Trinajstić information content (AvgIpc) is 2.78. The molecule has 0 bridgehead atoms. The van der Waals surface area contributed by atoms with E-state index in [1.165, 1.54) is 0 Å². The molecule has 1 amide bonds. The maximum Gasteiger partial charge on any atom is 0.279 e. The normalized spacial score (nSPS) is 12.1. The zero-order valence-electron chi connectivity index (χ0n) is 14.7. The summed E-state index contributed by atoms with van der Waals surface area (Å²) in [5.41, 5.74) is 3.71. The maximum atomic E-state index is 12.2. The summed E-state index contributed by atoms with van der Waals surface area (Å²) in [4.78, 5) is 12.2. The van der Waals surface area contributed by atoms with Crippen LogP contribution in [0.1, 0.15) is 29.9 Å². The number of aromatic nitrogens is 2. The van der Waals surface area contributed by atoms with Crippen LogP contribution in [0.5, 0.6) is 5.75 Å². The van der Waals surface area contributed by atoms with Gasteiger partial charge < -0.3 is 15.4 Å². The largest absolute Gasteiger partial charge is 0.496 e. The predicted octanol–water partition coefficient (Wildman–Crippen LogP) is 2.07. The Labute approximate surface area is 150 Å². The van der Waals surface area contributed by atoms with Crippen LogP contribution in [0.4, 0.5) is 5.69 Å². The standard InChI is InChI=1S/C17H23BrN4O2/c1-10(13-6-7-15(24-5)14(18)8-13)19-9-16(23)20-17-11(2)21-22(4)12(17)3/h6-8,10,19H,9H2,1-5H3,(H,20,23)/p+1/t10-/m1/s1. The minimum absolute atomic E-state index is 0.0337. The number of ether oxygens (including phenoxy) is 1. The smallest absolute Gasteiger partial charge is 0.279 e. The quantitative estimate of drug-likeness (QED) is 0.785. The Morgan fingerprint density at radius 2 is 2.17 bits per heavy atom. The lowest BCUT2D eigenvalue weighted by Gasteiger charge is -2.13. The van der Waals surface area contributed by atoms with E-state index in [-0.39, 0.29) is 11.9 Å². The molecule has 0 spiro atoms. The highest BCUT2D eigenvalue weighted by Crippen LogP contribution is 2.27. The third-order valence-electron chi connectivity index (χ3n) is 4.13. The van der Waals surface area contributed by atoms with Crippen molar-refractivity contribution in [3.63, 3.8) is 0 Å². The number of carbonyl (C=O) groups excluding carboxylic acids is 1. The molecule has 7 heteroatoms. The second-order valence-electron chi connectivity index (χ2n) is 5.84. The number of benzene rings is 1. The molecule has 2 aromatic rings. The van der Waals surface area contributed by atoms with Gasteiger partial charge in [-0.3, -0.25) is 9.48 Å². The predicted molar refractivity (Wildman–Crippen MR) is 97.2 cm³/mol. The fourth-order valence-electron chi connectivity index (χ4n) is 2.53. The Morgan fingerprint density at radius 3 is 2.71 bits per heavy atom. The lowest BCUT2D eigenvalue weighted by atomic mass is 10.1. The third-order valence-corrected chi connectivity index (χ3v) is 4.75. The van der Waals surface area contributed by atoms with Gasteiger partial charge in [0.2, 0.25) is 0 Å². The molecule has 6 nitrogen and oxygen atoms in total. The fraction of sp³-hybridized carbons (Fsp3) is 0.412. The first-order valence-corrected chi connectivity index (χ1v) is 8.59. The van der Waals surface area contributed by atoms with E-state index in [4.69, 9.17) is 4.74 Å². The summed E-state index contributed by atoms with van der Waals surface area (Å²) in [6, 6.07) is 6.12. The van der Waals surface area contributed by atoms with E-state index in [0.29, 0.717) is 6.54 Å². The molecule has 0 saturated heterocycles. The third kappa shape index (κ3) is 4.15. The number of aryl methyl sites for hydroxylation is 2. The molecule has 0 unspecified atom stereocenters. The molecule has 3 N–H and O–H groups in total. The van der Waals surface area contributed by atoms with Crippen LogP contribution >= 0.6 is 15.9 Å². The molecule has 0 aliphatic carbocycles. The number of hydrogen-bond donors (Lipinski definition) is 2. The van der Waals surface area contributed by atoms with Crippen molar-refractivity contribution in [2.45, 2.75) is 26.8 Å². The number of amides is 1. The molecule has 0 radical (unpaired) electrons. The van der Waals surface area contributed by atoms with E-state index in [9.17, 15) is 4.79 Å². The zero-order valence-corrected chi connectivity index (χ0v) is 16.3. The molecular formula is C17H24BrN4O2+. The lowest BCUT2D eigenvalue weighted by molar-refractivity contribution is -0.682. The van der Waals surface area contributed by atoms with Crippen LogP contribution in [0.25, 0.3) is 0 Å². The second kappa shape index (κ2) is 7.81. The summed E-state index contributed by atoms with van der Waals surface area (Å²) >= 11 is 3.49. The van der Waals surface area contributed by atoms with E-state index in [2.05, 4.69) is 33.3 Å². The van der Waals surface area contributed by atoms with Gasteiger partial charge in [0.15, 0.2) is 6.54 Å². The van der Waals surface area contributed by atoms with E-state index in [1.54, 1.807) is 11.8 Å². The molecule has 130 valence electrons. The van der Waals surface area contributed by atoms with Gasteiger partial charge in [0.25, 0.3) is 5.91 Å². The highest BCUT2D eigenvalue weighted by Gasteiger charge is 2.16. The highest BCUT2D eigenvalue weighted by molar-refractivity contribution is 9.10. The number of anilines is 1. The summed E-state index contributed by atoms with van der Waals surface area (Å²) in [5, 5.41) is 9.26. The molecule has 0 fully saturated rings. The number of halogens is 1. The Bertz CT molecular complexity index is 742. The number of quaternary nitrogens is 1. The SMILES string of the molecule is COc1ccc([C@@H](C)[NH2+]CC(=O)Nc2c(C)nn(C)c2C)cc1Br. The molecule has 0 saturated carbocycles. The summed E-state index contributed by atoms with van der Waals surface area (Å²) in [5.74, 6) is 0.764. The van der Waals surface area contributed by atoms with Gasteiger partial charge in [0, 0.05) is 12.6 Å². The Morgan fingerprint density at radius 1 is 1.46 bits per heavy atom. The first-order valence-electron chi connectivity index (χ1n) is 7.80. The van der Waals surface area contributed by atoms with Gasteiger partial charge >= 0.3 is 0 Å². The van der Waals surface area contributed by atoms with E-state index in [1.807, 2.05) is 44.4 Å². The van der Waals surface area contributed by atoms with E-state index in [0.717, 1.165) is 32.9 Å². The number of nitrogens with two attached hydrogens (primary N) is 1. The van der Waals surface area contributed by atoms with Crippen molar-refractivity contribution in [2.24, 2.45) is 7.05 Å². The van der Waals surface area contributed by atoms with Crippen molar-refractivity contribution in [1.82, 2.24) is 9.78 Å². The Hall–Kier alpha value is -1.86. The van der Waals surface area contributed by atoms with Crippen LogP contribution < -0.4 is 15.4 Å². The summed E-state index contributed by atoms with van der Waals surface area (Å²) < 4.78 is 7.92. The van der Waals surface area contributed by atoms with Gasteiger partial charge in [0.1, 0.15) is 11.8 Å². The first-order chi connectivity index (χ1) is 11.3. The van der Waals surface area contributed by atoms with Gasteiger partial charge in [-0.2, -0.15) is 5.10 Å². The molecule has 1 aromatic heterocycles. The van der Waals surface area contributed by atoms with Crippen molar-refractivity contribution < 1.29 is 14.8 Å². The molecular weight excluding hydrogens is 372 g/mol. The van der Waals surface area contributed by atoms with Crippen LogP contribution in [-0.2, 0) is 11.8 Å². The Balaban J connectivity index is 1.95. The monoisotopic (exact) mass is 395 g/mol. The van der Waals surface area contributed by atoms with E-state index < -0.39 is 0 Å². The minimum atomic E-state index is -0.0337. The summed E-state index contributed by atoms with van der Waals surface area (Å²) in [7, 11) is 3.51. The summed E-state index contributed by atoms with van der Waals surface area (Å²) in [6.07, 6.45) is 0. The van der Waals surface area contributed by atoms with Crippen LogP contribution in [0.3, 0.4) is 0 Å². The molecule has 2 rings (SSSR count). The highest BCUT2D eigenvalue weighted by atomic mass is 79.9. The van der Waals surface area contributed by atoms with E-state index >= 15 is 0 Å². The first kappa shape index (κ1) is 18.5. The van der Waals surface area contributed by atoms with Crippen molar-refractivity contribution in [3.05, 3.63) is 39.6 Å². The maximum absolute atomic E-state index is 12.2. The number of methoxy groups -OCH3 is 1. The second-order valence-corrected chi connectivity index (χ2v) is 6.69. The lowest BCUT2D eigenvalue weighted by Crippen LogP contribution is -2.86. The van der Waals surface area contributed by atoms with Gasteiger partial charge in [-0.1, -0.05) is 0 Å². The molecule has 1 heterocycles. The number of rotatable bonds is 6. The van der Waals surface area contributed by atoms with Crippen molar-refractivity contribution in [1.29, 1.82) is 0 Å². The average molecular weight is 396 g/mol. The number of carbonyl (C=O) groups is 1. The summed E-state index contributed by atoms with van der Waals surface area (Å²) in [6.45, 7) is 6.25. The van der Waals surface area contributed by atoms with Crippen LogP contribution in [0.2, 0.25) is 0 Å². The van der Waals surface area contributed by atoms with Gasteiger partial charge in [0.05, 0.1) is 28.7 Å². The fourth-order valence-corrected chi connectivity index (χ4v) is 3.09. The van der Waals surface area contributed by atoms with Crippen molar-refractivity contribution in [3.8, 4) is 5.75 Å². The van der Waals surface area contributed by atoms with Crippen LogP contribution in [-0.4, -0.2) is 29.3 Å². The zero-order chi connectivity index (χ0) is 17.9. The number of nitrogens with zero attached hydrogens (tertiary/aromatic N) is 2. The molecule has 1 atom stereocenters. The van der Waals surface area contributed by atoms with Gasteiger partial charge in [-0.25, -0.2) is 0 Å². The van der Waals surface area contributed by atoms with Gasteiger partial charge in [-0.15, -0.1) is 0 Å². The molecule has 0 aliphatic rings. The molecule has 1 aromatic carbocycles. The van der Waals surface area contributed by atoms with Crippen LogP contribution in [0.15, 0.2) is 22.7 Å². The topological polar surface area (TPSA) is 72.8 Å². The Kier molecular flexibility index (Phi) is 6.01.